The Morgan fingerprint density at radius 2 is 1.47 bits per heavy atom. The van der Waals surface area contributed by atoms with E-state index in [0.717, 1.165) is 10.0 Å². The minimum atomic E-state index is -0.559. The molecule has 0 saturated carbocycles. The number of aliphatic hydroxyl groups is 1. The summed E-state index contributed by atoms with van der Waals surface area (Å²) in [5.41, 5.74) is 0.912. The van der Waals surface area contributed by atoms with E-state index in [1.807, 2.05) is 48.5 Å². The van der Waals surface area contributed by atoms with E-state index >= 15 is 0 Å². The van der Waals surface area contributed by atoms with Crippen LogP contribution in [0.15, 0.2) is 71.7 Å². The molecule has 17 heavy (non-hydrogen) atoms. The van der Waals surface area contributed by atoms with Crippen LogP contribution >= 0.6 is 0 Å². The van der Waals surface area contributed by atoms with Crippen molar-refractivity contribution < 1.29 is 5.11 Å². The summed E-state index contributed by atoms with van der Waals surface area (Å²) >= 11 is 0.108. The molecule has 0 spiro atoms. The van der Waals surface area contributed by atoms with E-state index in [2.05, 4.69) is 18.7 Å². The zero-order valence-electron chi connectivity index (χ0n) is 9.41. The standard InChI is InChI=1S/C15H14OSe/c1-12(17-14-10-6-3-7-11-14)15(16)13-8-4-2-5-9-13/h2-11,15-16H,1H2. The molecular weight excluding hydrogens is 275 g/mol. The molecule has 0 radical (unpaired) electrons. The predicted octanol–water partition coefficient (Wildman–Crippen LogP) is 2.26. The summed E-state index contributed by atoms with van der Waals surface area (Å²) in [6, 6.07) is 19.8. The van der Waals surface area contributed by atoms with Crippen LogP contribution in [0.4, 0.5) is 0 Å². The van der Waals surface area contributed by atoms with Crippen molar-refractivity contribution in [1.82, 2.24) is 0 Å². The molecule has 0 saturated heterocycles. The molecule has 0 aliphatic heterocycles. The average Bonchev–Trinajstić information content (AvgIpc) is 2.40. The van der Waals surface area contributed by atoms with Crippen molar-refractivity contribution in [3.63, 3.8) is 0 Å². The Hall–Kier alpha value is -1.34. The summed E-state index contributed by atoms with van der Waals surface area (Å²) in [4.78, 5) is 0. The zero-order valence-corrected chi connectivity index (χ0v) is 11.1. The SMILES string of the molecule is C=C([Se]c1ccccc1)C(O)c1ccccc1. The third-order valence-electron chi connectivity index (χ3n) is 2.41. The van der Waals surface area contributed by atoms with Gasteiger partial charge in [-0.3, -0.25) is 0 Å². The van der Waals surface area contributed by atoms with Gasteiger partial charge < -0.3 is 0 Å². The molecule has 2 rings (SSSR count). The topological polar surface area (TPSA) is 20.2 Å². The monoisotopic (exact) mass is 290 g/mol. The predicted molar refractivity (Wildman–Crippen MR) is 72.4 cm³/mol. The van der Waals surface area contributed by atoms with Crippen LogP contribution in [0.5, 0.6) is 0 Å². The molecule has 1 nitrogen and oxygen atoms in total. The second-order valence-electron chi connectivity index (χ2n) is 3.69. The van der Waals surface area contributed by atoms with Gasteiger partial charge in [-0.2, -0.15) is 0 Å². The molecule has 0 fully saturated rings. The van der Waals surface area contributed by atoms with Gasteiger partial charge in [0.05, 0.1) is 0 Å². The molecule has 0 aliphatic carbocycles. The van der Waals surface area contributed by atoms with Gasteiger partial charge in [0, 0.05) is 0 Å². The van der Waals surface area contributed by atoms with Crippen LogP contribution in [0, 0.1) is 0 Å². The van der Waals surface area contributed by atoms with Gasteiger partial charge in [-0.15, -0.1) is 0 Å². The molecule has 2 aromatic rings. The molecule has 0 bridgehead atoms. The quantitative estimate of drug-likeness (QED) is 0.856. The molecule has 0 amide bonds. The van der Waals surface area contributed by atoms with Crippen molar-refractivity contribution in [1.29, 1.82) is 0 Å². The molecule has 1 atom stereocenters. The second kappa shape index (κ2) is 5.83. The van der Waals surface area contributed by atoms with Gasteiger partial charge in [-0.25, -0.2) is 0 Å². The van der Waals surface area contributed by atoms with Crippen LogP contribution < -0.4 is 4.46 Å². The number of benzene rings is 2. The Morgan fingerprint density at radius 3 is 2.06 bits per heavy atom. The summed E-state index contributed by atoms with van der Waals surface area (Å²) in [7, 11) is 0. The Labute approximate surface area is 108 Å². The first-order valence-corrected chi connectivity index (χ1v) is 7.13. The first kappa shape index (κ1) is 12.1. The van der Waals surface area contributed by atoms with E-state index in [0.29, 0.717) is 0 Å². The van der Waals surface area contributed by atoms with Crippen LogP contribution in [0.1, 0.15) is 11.7 Å². The Bertz CT molecular complexity index is 479. The fraction of sp³-hybridized carbons (Fsp3) is 0.0667. The second-order valence-corrected chi connectivity index (χ2v) is 6.21. The van der Waals surface area contributed by atoms with E-state index in [4.69, 9.17) is 0 Å². The summed E-state index contributed by atoms with van der Waals surface area (Å²) in [5, 5.41) is 10.2. The van der Waals surface area contributed by atoms with Gasteiger partial charge in [0.1, 0.15) is 0 Å². The zero-order chi connectivity index (χ0) is 12.1. The fourth-order valence-corrected chi connectivity index (χ4v) is 3.29. The van der Waals surface area contributed by atoms with Gasteiger partial charge in [-0.1, -0.05) is 0 Å². The van der Waals surface area contributed by atoms with Crippen molar-refractivity contribution in [2.75, 3.05) is 0 Å². The molecular formula is C15H14OSe. The number of hydrogen-bond donors (Lipinski definition) is 1. The van der Waals surface area contributed by atoms with E-state index in [-0.39, 0.29) is 15.0 Å². The molecule has 1 N–H and O–H groups in total. The maximum atomic E-state index is 10.2. The Morgan fingerprint density at radius 1 is 0.941 bits per heavy atom. The number of rotatable bonds is 4. The van der Waals surface area contributed by atoms with Crippen LogP contribution in [-0.4, -0.2) is 20.1 Å². The number of aliphatic hydroxyl groups excluding tert-OH is 1. The molecule has 1 unspecified atom stereocenters. The van der Waals surface area contributed by atoms with Gasteiger partial charge >= 0.3 is 108 Å². The molecule has 0 heterocycles. The van der Waals surface area contributed by atoms with Crippen LogP contribution in [0.2, 0.25) is 0 Å². The molecule has 2 heteroatoms. The van der Waals surface area contributed by atoms with E-state index < -0.39 is 6.10 Å². The van der Waals surface area contributed by atoms with Gasteiger partial charge in [0.15, 0.2) is 0 Å². The van der Waals surface area contributed by atoms with E-state index in [1.165, 1.54) is 4.46 Å². The van der Waals surface area contributed by atoms with E-state index in [1.54, 1.807) is 0 Å². The van der Waals surface area contributed by atoms with E-state index in [9.17, 15) is 5.11 Å². The first-order chi connectivity index (χ1) is 8.27. The fourth-order valence-electron chi connectivity index (χ4n) is 1.52. The molecule has 2 aromatic carbocycles. The van der Waals surface area contributed by atoms with Gasteiger partial charge in [0.2, 0.25) is 0 Å². The maximum absolute atomic E-state index is 10.2. The van der Waals surface area contributed by atoms with Gasteiger partial charge in [-0.05, 0) is 0 Å². The normalized spacial score (nSPS) is 12.1. The molecule has 0 aromatic heterocycles. The summed E-state index contributed by atoms with van der Waals surface area (Å²) < 4.78 is 2.12. The van der Waals surface area contributed by atoms with Crippen molar-refractivity contribution in [2.45, 2.75) is 6.10 Å². The Kier molecular flexibility index (Phi) is 4.16. The van der Waals surface area contributed by atoms with Crippen molar-refractivity contribution in [3.05, 3.63) is 77.3 Å². The molecule has 86 valence electrons. The number of hydrogen-bond acceptors (Lipinski definition) is 1. The van der Waals surface area contributed by atoms with Crippen molar-refractivity contribution in [3.8, 4) is 0 Å². The van der Waals surface area contributed by atoms with Crippen molar-refractivity contribution >= 4 is 19.4 Å². The summed E-state index contributed by atoms with van der Waals surface area (Å²) in [6.07, 6.45) is -0.559. The summed E-state index contributed by atoms with van der Waals surface area (Å²) in [5.74, 6) is 0. The molecule has 0 aliphatic rings. The summed E-state index contributed by atoms with van der Waals surface area (Å²) in [6.45, 7) is 4.00. The minimum absolute atomic E-state index is 0.108. The Balaban J connectivity index is 2.06. The van der Waals surface area contributed by atoms with Gasteiger partial charge in [0.25, 0.3) is 0 Å². The third kappa shape index (κ3) is 3.31. The third-order valence-corrected chi connectivity index (χ3v) is 4.50. The average molecular weight is 289 g/mol. The van der Waals surface area contributed by atoms with Crippen LogP contribution in [0.25, 0.3) is 0 Å². The van der Waals surface area contributed by atoms with Crippen molar-refractivity contribution in [2.24, 2.45) is 0 Å². The first-order valence-electron chi connectivity index (χ1n) is 5.42. The van der Waals surface area contributed by atoms with Crippen LogP contribution in [-0.2, 0) is 0 Å². The van der Waals surface area contributed by atoms with Crippen LogP contribution in [0.3, 0.4) is 0 Å².